The van der Waals surface area contributed by atoms with Crippen LogP contribution >= 0.6 is 0 Å². The quantitative estimate of drug-likeness (QED) is 0.760. The third kappa shape index (κ3) is 4.04. The van der Waals surface area contributed by atoms with Gasteiger partial charge in [-0.05, 0) is 26.0 Å². The van der Waals surface area contributed by atoms with Crippen molar-refractivity contribution in [2.24, 2.45) is 0 Å². The molecule has 7 heteroatoms. The van der Waals surface area contributed by atoms with Gasteiger partial charge in [0.05, 0.1) is 12.2 Å². The third-order valence-corrected chi connectivity index (χ3v) is 3.84. The lowest BCUT2D eigenvalue weighted by molar-refractivity contribution is -0.133. The van der Waals surface area contributed by atoms with Gasteiger partial charge in [-0.3, -0.25) is 9.59 Å². The number of fused-ring (bicyclic) bond motifs is 1. The predicted molar refractivity (Wildman–Crippen MR) is 88.9 cm³/mol. The minimum absolute atomic E-state index is 0.166. The molecule has 0 spiro atoms. The predicted octanol–water partition coefficient (Wildman–Crippen LogP) is 1.32. The Balaban J connectivity index is 2.01. The zero-order chi connectivity index (χ0) is 17.7. The van der Waals surface area contributed by atoms with Gasteiger partial charge in [-0.25, -0.2) is 0 Å². The lowest BCUT2D eigenvalue weighted by Crippen LogP contribution is -2.53. The zero-order valence-electron chi connectivity index (χ0n) is 14.5. The number of para-hydroxylation sites is 2. The summed E-state index contributed by atoms with van der Waals surface area (Å²) in [5, 5.41) is 2.73. The molecule has 0 saturated heterocycles. The van der Waals surface area contributed by atoms with Crippen molar-refractivity contribution in [1.82, 2.24) is 5.32 Å². The molecule has 7 nitrogen and oxygen atoms in total. The Morgan fingerprint density at radius 2 is 1.96 bits per heavy atom. The fourth-order valence-electron chi connectivity index (χ4n) is 2.50. The maximum absolute atomic E-state index is 12.6. The Hall–Kier alpha value is -2.12. The molecule has 0 bridgehead atoms. The Kier molecular flexibility index (Phi) is 5.80. The van der Waals surface area contributed by atoms with Gasteiger partial charge in [0.1, 0.15) is 5.75 Å². The standard InChI is InChI=1S/C17H24N2O5/c1-17(2)16(21)19(12-7-5-6-8-13(12)24-17)10-9-14(20)18-11-15(22-3)23-4/h5-8,15H,9-11H2,1-4H3,(H,18,20). The van der Waals surface area contributed by atoms with Crippen LogP contribution in [0.4, 0.5) is 5.69 Å². The van der Waals surface area contributed by atoms with E-state index in [1.807, 2.05) is 24.3 Å². The number of carbonyl (C=O) groups is 2. The summed E-state index contributed by atoms with van der Waals surface area (Å²) in [5.41, 5.74) is -0.275. The third-order valence-electron chi connectivity index (χ3n) is 3.84. The highest BCUT2D eigenvalue weighted by Gasteiger charge is 2.40. The van der Waals surface area contributed by atoms with Crippen LogP contribution in [0.1, 0.15) is 20.3 Å². The number of hydrogen-bond acceptors (Lipinski definition) is 5. The van der Waals surface area contributed by atoms with Gasteiger partial charge in [-0.2, -0.15) is 0 Å². The molecule has 1 N–H and O–H groups in total. The van der Waals surface area contributed by atoms with E-state index in [2.05, 4.69) is 5.32 Å². The van der Waals surface area contributed by atoms with Crippen molar-refractivity contribution in [1.29, 1.82) is 0 Å². The second kappa shape index (κ2) is 7.63. The fourth-order valence-corrected chi connectivity index (χ4v) is 2.50. The van der Waals surface area contributed by atoms with Crippen molar-refractivity contribution >= 4 is 17.5 Å². The first-order valence-corrected chi connectivity index (χ1v) is 7.81. The molecule has 1 heterocycles. The van der Waals surface area contributed by atoms with E-state index >= 15 is 0 Å². The molecular weight excluding hydrogens is 312 g/mol. The van der Waals surface area contributed by atoms with Gasteiger partial charge in [-0.1, -0.05) is 12.1 Å². The van der Waals surface area contributed by atoms with Crippen LogP contribution in [0.3, 0.4) is 0 Å². The van der Waals surface area contributed by atoms with Gasteiger partial charge in [-0.15, -0.1) is 0 Å². The van der Waals surface area contributed by atoms with Crippen molar-refractivity contribution in [3.05, 3.63) is 24.3 Å². The fraction of sp³-hybridized carbons (Fsp3) is 0.529. The number of amides is 2. The number of ether oxygens (including phenoxy) is 3. The molecule has 1 aromatic carbocycles. The highest BCUT2D eigenvalue weighted by atomic mass is 16.7. The number of nitrogens with zero attached hydrogens (tertiary/aromatic N) is 1. The molecule has 24 heavy (non-hydrogen) atoms. The molecule has 1 aliphatic heterocycles. The number of carbonyl (C=O) groups excluding carboxylic acids is 2. The summed E-state index contributed by atoms with van der Waals surface area (Å²) < 4.78 is 15.8. The first-order valence-electron chi connectivity index (χ1n) is 7.81. The molecule has 132 valence electrons. The molecule has 2 amide bonds. The minimum atomic E-state index is -0.956. The molecular formula is C17H24N2O5. The minimum Gasteiger partial charge on any atom is -0.476 e. The normalized spacial score (nSPS) is 15.9. The highest BCUT2D eigenvalue weighted by Crippen LogP contribution is 2.37. The van der Waals surface area contributed by atoms with Crippen LogP contribution in [-0.2, 0) is 19.1 Å². The van der Waals surface area contributed by atoms with Crippen LogP contribution in [0, 0.1) is 0 Å². The summed E-state index contributed by atoms with van der Waals surface area (Å²) in [6, 6.07) is 7.32. The van der Waals surface area contributed by atoms with E-state index in [4.69, 9.17) is 14.2 Å². The molecule has 0 fully saturated rings. The molecule has 0 saturated carbocycles. The number of rotatable bonds is 7. The van der Waals surface area contributed by atoms with Crippen molar-refractivity contribution in [2.45, 2.75) is 32.2 Å². The highest BCUT2D eigenvalue weighted by molar-refractivity contribution is 6.02. The topological polar surface area (TPSA) is 77.1 Å². The maximum Gasteiger partial charge on any atom is 0.270 e. The van der Waals surface area contributed by atoms with Crippen LogP contribution in [0.5, 0.6) is 5.75 Å². The Bertz CT molecular complexity index is 598. The van der Waals surface area contributed by atoms with Gasteiger partial charge >= 0.3 is 0 Å². The zero-order valence-corrected chi connectivity index (χ0v) is 14.5. The summed E-state index contributed by atoms with van der Waals surface area (Å²) in [7, 11) is 3.01. The van der Waals surface area contributed by atoms with E-state index in [1.165, 1.54) is 14.2 Å². The summed E-state index contributed by atoms with van der Waals surface area (Å²) in [5.74, 6) is 0.297. The van der Waals surface area contributed by atoms with Crippen LogP contribution in [-0.4, -0.2) is 51.0 Å². The van der Waals surface area contributed by atoms with Crippen LogP contribution in [0.15, 0.2) is 24.3 Å². The number of benzene rings is 1. The van der Waals surface area contributed by atoms with Crippen molar-refractivity contribution in [3.63, 3.8) is 0 Å². The Morgan fingerprint density at radius 3 is 2.62 bits per heavy atom. The Morgan fingerprint density at radius 1 is 1.29 bits per heavy atom. The average Bonchev–Trinajstić information content (AvgIpc) is 2.56. The maximum atomic E-state index is 12.6. The van der Waals surface area contributed by atoms with Gasteiger partial charge < -0.3 is 24.4 Å². The van der Waals surface area contributed by atoms with Crippen molar-refractivity contribution < 1.29 is 23.8 Å². The second-order valence-electron chi connectivity index (χ2n) is 5.99. The Labute approximate surface area is 141 Å². The SMILES string of the molecule is COC(CNC(=O)CCN1C(=O)C(C)(C)Oc2ccccc21)OC. The first-order chi connectivity index (χ1) is 11.4. The molecule has 1 aromatic rings. The van der Waals surface area contributed by atoms with Crippen LogP contribution in [0.2, 0.25) is 0 Å². The van der Waals surface area contributed by atoms with E-state index in [1.54, 1.807) is 18.7 Å². The van der Waals surface area contributed by atoms with Gasteiger partial charge in [0.25, 0.3) is 5.91 Å². The van der Waals surface area contributed by atoms with Crippen molar-refractivity contribution in [2.75, 3.05) is 32.2 Å². The van der Waals surface area contributed by atoms with Gasteiger partial charge in [0, 0.05) is 27.2 Å². The molecule has 0 atom stereocenters. The number of anilines is 1. The van der Waals surface area contributed by atoms with E-state index in [0.29, 0.717) is 11.4 Å². The molecule has 0 radical (unpaired) electrons. The van der Waals surface area contributed by atoms with Gasteiger partial charge in [0.2, 0.25) is 5.91 Å². The second-order valence-corrected chi connectivity index (χ2v) is 5.99. The first kappa shape index (κ1) is 18.2. The van der Waals surface area contributed by atoms with E-state index in [0.717, 1.165) is 0 Å². The monoisotopic (exact) mass is 336 g/mol. The molecule has 0 aliphatic carbocycles. The average molecular weight is 336 g/mol. The summed E-state index contributed by atoms with van der Waals surface area (Å²) in [6.07, 6.45) is -0.310. The van der Waals surface area contributed by atoms with E-state index < -0.39 is 11.9 Å². The van der Waals surface area contributed by atoms with E-state index in [9.17, 15) is 9.59 Å². The molecule has 1 aliphatic rings. The number of methoxy groups -OCH3 is 2. The number of hydrogen-bond donors (Lipinski definition) is 1. The lowest BCUT2D eigenvalue weighted by atomic mass is 10.0. The van der Waals surface area contributed by atoms with E-state index in [-0.39, 0.29) is 31.3 Å². The van der Waals surface area contributed by atoms with Gasteiger partial charge in [0.15, 0.2) is 11.9 Å². The lowest BCUT2D eigenvalue weighted by Gasteiger charge is -2.38. The molecule has 2 rings (SSSR count). The van der Waals surface area contributed by atoms with Crippen LogP contribution in [0.25, 0.3) is 0 Å². The molecule has 0 unspecified atom stereocenters. The summed E-state index contributed by atoms with van der Waals surface area (Å²) in [6.45, 7) is 3.98. The summed E-state index contributed by atoms with van der Waals surface area (Å²) >= 11 is 0. The number of nitrogens with one attached hydrogen (secondary N) is 1. The molecule has 0 aromatic heterocycles. The largest absolute Gasteiger partial charge is 0.476 e. The van der Waals surface area contributed by atoms with Crippen LogP contribution < -0.4 is 15.0 Å². The van der Waals surface area contributed by atoms with Crippen molar-refractivity contribution in [3.8, 4) is 5.75 Å². The smallest absolute Gasteiger partial charge is 0.270 e. The summed E-state index contributed by atoms with van der Waals surface area (Å²) in [4.78, 5) is 26.2.